The van der Waals surface area contributed by atoms with Gasteiger partial charge in [0.05, 0.1) is 25.3 Å². The third-order valence-electron chi connectivity index (χ3n) is 5.98. The fourth-order valence-corrected chi connectivity index (χ4v) is 5.07. The van der Waals surface area contributed by atoms with Gasteiger partial charge < -0.3 is 10.1 Å². The van der Waals surface area contributed by atoms with E-state index in [4.69, 9.17) is 4.74 Å². The predicted molar refractivity (Wildman–Crippen MR) is 130 cm³/mol. The molecule has 4 rings (SSSR count). The van der Waals surface area contributed by atoms with Gasteiger partial charge in [0.1, 0.15) is 10.8 Å². The van der Waals surface area contributed by atoms with Crippen molar-refractivity contribution in [2.75, 3.05) is 26.7 Å². The molecule has 3 aromatic rings. The first-order valence-electron chi connectivity index (χ1n) is 11.3. The molecule has 2 aromatic carbocycles. The van der Waals surface area contributed by atoms with E-state index in [1.165, 1.54) is 30.4 Å². The molecule has 1 aliphatic rings. The molecule has 0 radical (unpaired) electrons. The normalized spacial score (nSPS) is 15.3. The maximum Gasteiger partial charge on any atom is 0.226 e. The first kappa shape index (κ1) is 22.5. The number of aryl methyl sites for hydroxylation is 1. The fraction of sp³-hybridized carbons (Fsp3) is 0.385. The minimum atomic E-state index is 0.0154. The van der Waals surface area contributed by atoms with E-state index in [0.29, 0.717) is 13.0 Å². The molecule has 1 aromatic heterocycles. The molecule has 1 amide bonds. The molecule has 0 aliphatic carbocycles. The lowest BCUT2D eigenvalue weighted by molar-refractivity contribution is -0.120. The zero-order valence-electron chi connectivity index (χ0n) is 18.8. The van der Waals surface area contributed by atoms with Gasteiger partial charge in [-0.2, -0.15) is 0 Å². The van der Waals surface area contributed by atoms with Gasteiger partial charge in [0, 0.05) is 17.5 Å². The molecule has 1 N–H and O–H groups in total. The molecule has 168 valence electrons. The zero-order chi connectivity index (χ0) is 22.3. The van der Waals surface area contributed by atoms with Crippen LogP contribution in [0, 0.1) is 6.92 Å². The standard InChI is InChI=1S/C26H31N3O2S/c1-19-7-6-8-21(15-19)26-28-22(18-32-26)16-25(30)27-17-24(29-13-4-3-5-14-29)20-9-11-23(31-2)12-10-20/h6-12,15,18,24H,3-5,13-14,16-17H2,1-2H3,(H,27,30). The number of hydrogen-bond acceptors (Lipinski definition) is 5. The fourth-order valence-electron chi connectivity index (χ4n) is 4.25. The highest BCUT2D eigenvalue weighted by Gasteiger charge is 2.23. The van der Waals surface area contributed by atoms with Crippen molar-refractivity contribution in [2.45, 2.75) is 38.6 Å². The first-order chi connectivity index (χ1) is 15.6. The molecule has 0 saturated carbocycles. The van der Waals surface area contributed by atoms with Gasteiger partial charge >= 0.3 is 0 Å². The topological polar surface area (TPSA) is 54.5 Å². The Morgan fingerprint density at radius 3 is 2.66 bits per heavy atom. The number of rotatable bonds is 8. The van der Waals surface area contributed by atoms with Crippen molar-refractivity contribution < 1.29 is 9.53 Å². The highest BCUT2D eigenvalue weighted by molar-refractivity contribution is 7.13. The predicted octanol–water partition coefficient (Wildman–Crippen LogP) is 5.01. The maximum absolute atomic E-state index is 12.7. The number of aromatic nitrogens is 1. The van der Waals surface area contributed by atoms with E-state index >= 15 is 0 Å². The highest BCUT2D eigenvalue weighted by atomic mass is 32.1. The van der Waals surface area contributed by atoms with Gasteiger partial charge in [-0.25, -0.2) is 4.98 Å². The molecular weight excluding hydrogens is 418 g/mol. The second-order valence-corrected chi connectivity index (χ2v) is 9.24. The van der Waals surface area contributed by atoms with Crippen LogP contribution in [-0.4, -0.2) is 42.5 Å². The molecule has 32 heavy (non-hydrogen) atoms. The summed E-state index contributed by atoms with van der Waals surface area (Å²) in [7, 11) is 1.68. The van der Waals surface area contributed by atoms with Crippen molar-refractivity contribution in [3.05, 3.63) is 70.7 Å². The summed E-state index contributed by atoms with van der Waals surface area (Å²) in [6, 6.07) is 16.7. The summed E-state index contributed by atoms with van der Waals surface area (Å²) in [5.41, 5.74) is 4.34. The van der Waals surface area contributed by atoms with Crippen LogP contribution < -0.4 is 10.1 Å². The van der Waals surface area contributed by atoms with E-state index in [-0.39, 0.29) is 11.9 Å². The summed E-state index contributed by atoms with van der Waals surface area (Å²) in [6.07, 6.45) is 4.01. The number of piperidine rings is 1. The van der Waals surface area contributed by atoms with Gasteiger partial charge in [-0.3, -0.25) is 9.69 Å². The van der Waals surface area contributed by atoms with Crippen LogP contribution >= 0.6 is 11.3 Å². The summed E-state index contributed by atoms with van der Waals surface area (Å²) in [5.74, 6) is 0.865. The number of hydrogen-bond donors (Lipinski definition) is 1. The second-order valence-electron chi connectivity index (χ2n) is 8.38. The van der Waals surface area contributed by atoms with Gasteiger partial charge in [0.2, 0.25) is 5.91 Å². The summed E-state index contributed by atoms with van der Waals surface area (Å²) >= 11 is 1.59. The van der Waals surface area contributed by atoms with E-state index < -0.39 is 0 Å². The Balaban J connectivity index is 1.39. The summed E-state index contributed by atoms with van der Waals surface area (Å²) in [5, 5.41) is 6.11. The number of carbonyl (C=O) groups is 1. The number of likely N-dealkylation sites (tertiary alicyclic amines) is 1. The number of methoxy groups -OCH3 is 1. The molecule has 0 spiro atoms. The van der Waals surface area contributed by atoms with Crippen LogP contribution in [0.5, 0.6) is 5.75 Å². The van der Waals surface area contributed by atoms with Crippen molar-refractivity contribution >= 4 is 17.2 Å². The van der Waals surface area contributed by atoms with Crippen LogP contribution in [0.3, 0.4) is 0 Å². The Morgan fingerprint density at radius 2 is 1.94 bits per heavy atom. The molecule has 0 bridgehead atoms. The molecule has 2 heterocycles. The minimum absolute atomic E-state index is 0.0154. The van der Waals surface area contributed by atoms with Gasteiger partial charge in [0.25, 0.3) is 0 Å². The van der Waals surface area contributed by atoms with Gasteiger partial charge in [-0.15, -0.1) is 11.3 Å². The maximum atomic E-state index is 12.7. The summed E-state index contributed by atoms with van der Waals surface area (Å²) in [4.78, 5) is 19.9. The monoisotopic (exact) mass is 449 g/mol. The lowest BCUT2D eigenvalue weighted by atomic mass is 10.0. The third-order valence-corrected chi connectivity index (χ3v) is 6.92. The first-order valence-corrected chi connectivity index (χ1v) is 12.2. The smallest absolute Gasteiger partial charge is 0.226 e. The Labute approximate surface area is 194 Å². The van der Waals surface area contributed by atoms with Crippen LogP contribution in [0.15, 0.2) is 53.9 Å². The van der Waals surface area contributed by atoms with Crippen LogP contribution in [0.25, 0.3) is 10.6 Å². The van der Waals surface area contributed by atoms with E-state index in [1.807, 2.05) is 23.6 Å². The Morgan fingerprint density at radius 1 is 1.16 bits per heavy atom. The Bertz CT molecular complexity index is 1030. The van der Waals surface area contributed by atoms with Gasteiger partial charge in [-0.1, -0.05) is 42.3 Å². The molecule has 1 saturated heterocycles. The van der Waals surface area contributed by atoms with Crippen molar-refractivity contribution in [1.82, 2.24) is 15.2 Å². The lowest BCUT2D eigenvalue weighted by Crippen LogP contribution is -2.41. The molecule has 1 aliphatic heterocycles. The molecule has 5 nitrogen and oxygen atoms in total. The van der Waals surface area contributed by atoms with Gasteiger partial charge in [-0.05, 0) is 56.6 Å². The number of nitrogens with zero attached hydrogens (tertiary/aromatic N) is 2. The van der Waals surface area contributed by atoms with Crippen molar-refractivity contribution in [3.63, 3.8) is 0 Å². The van der Waals surface area contributed by atoms with Crippen LogP contribution in [0.2, 0.25) is 0 Å². The number of nitrogens with one attached hydrogen (secondary N) is 1. The second kappa shape index (κ2) is 10.7. The number of thiazole rings is 1. The van der Waals surface area contributed by atoms with E-state index in [0.717, 1.165) is 35.1 Å². The Hall–Kier alpha value is -2.70. The van der Waals surface area contributed by atoms with E-state index in [9.17, 15) is 4.79 Å². The van der Waals surface area contributed by atoms with Crippen molar-refractivity contribution in [3.8, 4) is 16.3 Å². The van der Waals surface area contributed by atoms with E-state index in [2.05, 4.69) is 52.5 Å². The molecule has 6 heteroatoms. The van der Waals surface area contributed by atoms with Gasteiger partial charge in [0.15, 0.2) is 0 Å². The summed E-state index contributed by atoms with van der Waals surface area (Å²) < 4.78 is 5.31. The van der Waals surface area contributed by atoms with Crippen LogP contribution in [-0.2, 0) is 11.2 Å². The highest BCUT2D eigenvalue weighted by Crippen LogP contribution is 2.27. The minimum Gasteiger partial charge on any atom is -0.497 e. The number of benzene rings is 2. The largest absolute Gasteiger partial charge is 0.497 e. The number of carbonyl (C=O) groups excluding carboxylic acids is 1. The van der Waals surface area contributed by atoms with Crippen LogP contribution in [0.1, 0.15) is 42.1 Å². The van der Waals surface area contributed by atoms with E-state index in [1.54, 1.807) is 18.4 Å². The molecular formula is C26H31N3O2S. The van der Waals surface area contributed by atoms with Crippen LogP contribution in [0.4, 0.5) is 0 Å². The van der Waals surface area contributed by atoms with Crippen molar-refractivity contribution in [1.29, 1.82) is 0 Å². The average molecular weight is 450 g/mol. The van der Waals surface area contributed by atoms with Crippen molar-refractivity contribution in [2.24, 2.45) is 0 Å². The third kappa shape index (κ3) is 5.75. The molecule has 1 atom stereocenters. The molecule has 1 fully saturated rings. The quantitative estimate of drug-likeness (QED) is 0.525. The Kier molecular flexibility index (Phi) is 7.55. The SMILES string of the molecule is COc1ccc(C(CNC(=O)Cc2csc(-c3cccc(C)c3)n2)N2CCCCC2)cc1. The zero-order valence-corrected chi connectivity index (χ0v) is 19.7. The summed E-state index contributed by atoms with van der Waals surface area (Å²) in [6.45, 7) is 4.81. The molecule has 1 unspecified atom stereocenters. The lowest BCUT2D eigenvalue weighted by Gasteiger charge is -2.35. The number of amides is 1. The average Bonchev–Trinajstić information content (AvgIpc) is 3.29. The number of ether oxygens (including phenoxy) is 1.